The molecule has 1 aromatic carbocycles. The lowest BCUT2D eigenvalue weighted by Crippen LogP contribution is -2.34. The summed E-state index contributed by atoms with van der Waals surface area (Å²) in [5, 5.41) is 3.45. The Balaban J connectivity index is 2.57. The molecule has 0 heterocycles. The zero-order valence-corrected chi connectivity index (χ0v) is 11.3. The molecule has 0 unspecified atom stereocenters. The van der Waals surface area contributed by atoms with Gasteiger partial charge in [0.25, 0.3) is 0 Å². The predicted octanol–water partition coefficient (Wildman–Crippen LogP) is 3.93. The topological polar surface area (TPSA) is 38.3 Å². The number of nitrogens with one attached hydrogen (secondary N) is 1. The van der Waals surface area contributed by atoms with Crippen LogP contribution in [0.15, 0.2) is 24.3 Å². The second-order valence-corrected chi connectivity index (χ2v) is 5.36. The average Bonchev–Trinajstić information content (AvgIpc) is 2.15. The lowest BCUT2D eigenvalue weighted by Gasteiger charge is -2.22. The van der Waals surface area contributed by atoms with Crippen LogP contribution in [0.1, 0.15) is 39.3 Å². The number of amides is 1. The number of carbonyl (C=O) groups excluding carboxylic acids is 1. The Bertz CT molecular complexity index is 381. The van der Waals surface area contributed by atoms with Crippen LogP contribution in [0, 0.1) is 0 Å². The Morgan fingerprint density at radius 3 is 2.29 bits per heavy atom. The molecule has 0 radical (unpaired) electrons. The van der Waals surface area contributed by atoms with Gasteiger partial charge in [-0.25, -0.2) is 4.79 Å². The minimum atomic E-state index is -0.482. The van der Waals surface area contributed by atoms with Crippen LogP contribution in [0.5, 0.6) is 0 Å². The van der Waals surface area contributed by atoms with Crippen LogP contribution in [0.25, 0.3) is 0 Å². The van der Waals surface area contributed by atoms with E-state index < -0.39 is 11.7 Å². The summed E-state index contributed by atoms with van der Waals surface area (Å²) in [5.41, 5.74) is 0.504. The van der Waals surface area contributed by atoms with Gasteiger partial charge in [0.05, 0.1) is 6.04 Å². The zero-order valence-electron chi connectivity index (χ0n) is 10.6. The highest BCUT2D eigenvalue weighted by atomic mass is 35.5. The van der Waals surface area contributed by atoms with Crippen LogP contribution in [0.4, 0.5) is 4.79 Å². The van der Waals surface area contributed by atoms with Gasteiger partial charge in [-0.05, 0) is 45.4 Å². The minimum Gasteiger partial charge on any atom is -0.444 e. The molecule has 0 saturated carbocycles. The minimum absolute atomic E-state index is 0.109. The molecule has 17 heavy (non-hydrogen) atoms. The average molecular weight is 256 g/mol. The van der Waals surface area contributed by atoms with Crippen molar-refractivity contribution in [3.8, 4) is 0 Å². The van der Waals surface area contributed by atoms with Gasteiger partial charge in [0.15, 0.2) is 0 Å². The number of carbonyl (C=O) groups is 1. The highest BCUT2D eigenvalue weighted by Crippen LogP contribution is 2.16. The molecule has 0 spiro atoms. The van der Waals surface area contributed by atoms with Crippen LogP contribution in [-0.4, -0.2) is 11.7 Å². The van der Waals surface area contributed by atoms with E-state index in [2.05, 4.69) is 5.32 Å². The SMILES string of the molecule is C[C@@H](NC(=O)OC(C)(C)C)c1ccc(Cl)cc1. The summed E-state index contributed by atoms with van der Waals surface area (Å²) in [6.45, 7) is 7.39. The fraction of sp³-hybridized carbons (Fsp3) is 0.462. The van der Waals surface area contributed by atoms with Crippen molar-refractivity contribution in [2.45, 2.75) is 39.3 Å². The van der Waals surface area contributed by atoms with Gasteiger partial charge < -0.3 is 10.1 Å². The molecule has 1 amide bonds. The van der Waals surface area contributed by atoms with E-state index in [9.17, 15) is 4.79 Å². The Morgan fingerprint density at radius 1 is 1.29 bits per heavy atom. The van der Waals surface area contributed by atoms with E-state index in [0.717, 1.165) is 5.56 Å². The first kappa shape index (κ1) is 13.8. The van der Waals surface area contributed by atoms with E-state index in [0.29, 0.717) is 5.02 Å². The molecule has 1 atom stereocenters. The number of hydrogen-bond acceptors (Lipinski definition) is 2. The van der Waals surface area contributed by atoms with Crippen molar-refractivity contribution in [3.63, 3.8) is 0 Å². The summed E-state index contributed by atoms with van der Waals surface area (Å²) >= 11 is 5.80. The molecule has 0 aliphatic heterocycles. The zero-order chi connectivity index (χ0) is 13.1. The highest BCUT2D eigenvalue weighted by Gasteiger charge is 2.18. The van der Waals surface area contributed by atoms with E-state index in [1.807, 2.05) is 39.8 Å². The summed E-state index contributed by atoms with van der Waals surface area (Å²) < 4.78 is 5.18. The smallest absolute Gasteiger partial charge is 0.408 e. The van der Waals surface area contributed by atoms with Gasteiger partial charge in [-0.3, -0.25) is 0 Å². The van der Waals surface area contributed by atoms with Gasteiger partial charge in [0.2, 0.25) is 0 Å². The van der Waals surface area contributed by atoms with Crippen molar-refractivity contribution in [3.05, 3.63) is 34.9 Å². The maximum atomic E-state index is 11.5. The second-order valence-electron chi connectivity index (χ2n) is 4.92. The van der Waals surface area contributed by atoms with Crippen LogP contribution >= 0.6 is 11.6 Å². The molecule has 0 aliphatic rings. The van der Waals surface area contributed by atoms with E-state index >= 15 is 0 Å². The molecule has 0 bridgehead atoms. The standard InChI is InChI=1S/C13H18ClNO2/c1-9(10-5-7-11(14)8-6-10)15-12(16)17-13(2,3)4/h5-9H,1-4H3,(H,15,16)/t9-/m1/s1. The van der Waals surface area contributed by atoms with Crippen molar-refractivity contribution in [1.82, 2.24) is 5.32 Å². The van der Waals surface area contributed by atoms with Crippen molar-refractivity contribution in [2.24, 2.45) is 0 Å². The first-order chi connectivity index (χ1) is 7.78. The van der Waals surface area contributed by atoms with Crippen molar-refractivity contribution in [1.29, 1.82) is 0 Å². The third-order valence-electron chi connectivity index (χ3n) is 2.10. The van der Waals surface area contributed by atoms with Gasteiger partial charge in [-0.2, -0.15) is 0 Å². The number of halogens is 1. The molecule has 3 nitrogen and oxygen atoms in total. The molecular weight excluding hydrogens is 238 g/mol. The van der Waals surface area contributed by atoms with E-state index in [4.69, 9.17) is 16.3 Å². The first-order valence-electron chi connectivity index (χ1n) is 5.53. The molecule has 0 fully saturated rings. The van der Waals surface area contributed by atoms with Crippen molar-refractivity contribution < 1.29 is 9.53 Å². The Morgan fingerprint density at radius 2 is 1.82 bits per heavy atom. The molecule has 0 saturated heterocycles. The van der Waals surface area contributed by atoms with Crippen LogP contribution in [0.2, 0.25) is 5.02 Å². The fourth-order valence-electron chi connectivity index (χ4n) is 1.32. The fourth-order valence-corrected chi connectivity index (χ4v) is 1.45. The van der Waals surface area contributed by atoms with Gasteiger partial charge >= 0.3 is 6.09 Å². The van der Waals surface area contributed by atoms with Crippen molar-refractivity contribution in [2.75, 3.05) is 0 Å². The maximum Gasteiger partial charge on any atom is 0.408 e. The molecular formula is C13H18ClNO2. The van der Waals surface area contributed by atoms with E-state index in [1.54, 1.807) is 12.1 Å². The summed E-state index contributed by atoms with van der Waals surface area (Å²) in [6, 6.07) is 7.24. The van der Waals surface area contributed by atoms with E-state index in [1.165, 1.54) is 0 Å². The lowest BCUT2D eigenvalue weighted by molar-refractivity contribution is 0.0508. The van der Waals surface area contributed by atoms with Gasteiger partial charge in [0.1, 0.15) is 5.60 Å². The predicted molar refractivity (Wildman–Crippen MR) is 69.2 cm³/mol. The van der Waals surface area contributed by atoms with Crippen LogP contribution in [0.3, 0.4) is 0 Å². The van der Waals surface area contributed by atoms with E-state index in [-0.39, 0.29) is 6.04 Å². The summed E-state index contributed by atoms with van der Waals surface area (Å²) in [6.07, 6.45) is -0.417. The summed E-state index contributed by atoms with van der Waals surface area (Å²) in [4.78, 5) is 11.5. The molecule has 0 aromatic heterocycles. The largest absolute Gasteiger partial charge is 0.444 e. The monoisotopic (exact) mass is 255 g/mol. The Kier molecular flexibility index (Phi) is 4.40. The molecule has 1 N–H and O–H groups in total. The number of ether oxygens (including phenoxy) is 1. The second kappa shape index (κ2) is 5.41. The number of rotatable bonds is 2. The van der Waals surface area contributed by atoms with Crippen molar-refractivity contribution >= 4 is 17.7 Å². The normalized spacial score (nSPS) is 13.0. The Hall–Kier alpha value is -1.22. The van der Waals surface area contributed by atoms with Crippen LogP contribution in [-0.2, 0) is 4.74 Å². The number of alkyl carbamates (subject to hydrolysis) is 1. The van der Waals surface area contributed by atoms with Crippen LogP contribution < -0.4 is 5.32 Å². The third-order valence-corrected chi connectivity index (χ3v) is 2.36. The molecule has 94 valence electrons. The van der Waals surface area contributed by atoms with Gasteiger partial charge in [-0.15, -0.1) is 0 Å². The Labute approximate surface area is 107 Å². The highest BCUT2D eigenvalue weighted by molar-refractivity contribution is 6.30. The van der Waals surface area contributed by atoms with Gasteiger partial charge in [-0.1, -0.05) is 23.7 Å². The number of hydrogen-bond donors (Lipinski definition) is 1. The maximum absolute atomic E-state index is 11.5. The summed E-state index contributed by atoms with van der Waals surface area (Å²) in [7, 11) is 0. The quantitative estimate of drug-likeness (QED) is 0.870. The molecule has 1 rings (SSSR count). The number of benzene rings is 1. The van der Waals surface area contributed by atoms with Gasteiger partial charge in [0, 0.05) is 5.02 Å². The first-order valence-corrected chi connectivity index (χ1v) is 5.91. The molecule has 1 aromatic rings. The molecule has 0 aliphatic carbocycles. The summed E-state index contributed by atoms with van der Waals surface area (Å²) in [5.74, 6) is 0. The lowest BCUT2D eigenvalue weighted by atomic mass is 10.1. The molecule has 4 heteroatoms. The third kappa shape index (κ3) is 5.09.